The number of rotatable bonds is 7. The lowest BCUT2D eigenvalue weighted by Gasteiger charge is -2.19. The average Bonchev–Trinajstić information content (AvgIpc) is 2.51. The van der Waals surface area contributed by atoms with Gasteiger partial charge in [-0.05, 0) is 18.6 Å². The van der Waals surface area contributed by atoms with Gasteiger partial charge < -0.3 is 15.4 Å². The molecule has 1 aromatic carbocycles. The Morgan fingerprint density at radius 1 is 1.33 bits per heavy atom. The number of aliphatic imine (C=N–C) groups is 1. The van der Waals surface area contributed by atoms with Crippen molar-refractivity contribution in [3.05, 3.63) is 29.8 Å². The quantitative estimate of drug-likeness (QED) is 0.356. The second kappa shape index (κ2) is 10.9. The Balaban J connectivity index is 0.00000529. The standard InChI is InChI=1S/C15H26N4O3S.HI/c1-12(11-22-5)18-15(16-2)17-10-13-8-6-7-9-14(13)23(20,21)19(3)4;/h6-9,12H,10-11H2,1-5H3,(H2,16,17,18);1H. The molecule has 1 aromatic rings. The molecule has 2 N–H and O–H groups in total. The number of benzene rings is 1. The number of ether oxygens (including phenoxy) is 1. The van der Waals surface area contributed by atoms with Gasteiger partial charge in [0.05, 0.1) is 11.5 Å². The first-order valence-electron chi connectivity index (χ1n) is 7.29. The van der Waals surface area contributed by atoms with Gasteiger partial charge in [-0.15, -0.1) is 24.0 Å². The SMILES string of the molecule is CN=C(NCc1ccccc1S(=O)(=O)N(C)C)NC(C)COC.I. The number of nitrogens with zero attached hydrogens (tertiary/aromatic N) is 2. The third-order valence-electron chi connectivity index (χ3n) is 3.20. The number of hydrogen-bond acceptors (Lipinski definition) is 4. The Morgan fingerprint density at radius 2 is 1.96 bits per heavy atom. The fraction of sp³-hybridized carbons (Fsp3) is 0.533. The highest BCUT2D eigenvalue weighted by molar-refractivity contribution is 14.0. The summed E-state index contributed by atoms with van der Waals surface area (Å²) in [5, 5.41) is 6.30. The highest BCUT2D eigenvalue weighted by Crippen LogP contribution is 2.18. The highest BCUT2D eigenvalue weighted by Gasteiger charge is 2.20. The predicted molar refractivity (Wildman–Crippen MR) is 107 cm³/mol. The Morgan fingerprint density at radius 3 is 2.50 bits per heavy atom. The Labute approximate surface area is 161 Å². The van der Waals surface area contributed by atoms with E-state index in [1.165, 1.54) is 18.4 Å². The lowest BCUT2D eigenvalue weighted by atomic mass is 10.2. The van der Waals surface area contributed by atoms with Gasteiger partial charge in [0.1, 0.15) is 0 Å². The minimum Gasteiger partial charge on any atom is -0.383 e. The van der Waals surface area contributed by atoms with Crippen LogP contribution in [0, 0.1) is 0 Å². The lowest BCUT2D eigenvalue weighted by molar-refractivity contribution is 0.179. The first-order valence-corrected chi connectivity index (χ1v) is 8.73. The number of sulfonamides is 1. The van der Waals surface area contributed by atoms with Gasteiger partial charge in [-0.1, -0.05) is 18.2 Å². The van der Waals surface area contributed by atoms with Gasteiger partial charge >= 0.3 is 0 Å². The zero-order chi connectivity index (χ0) is 17.5. The Kier molecular flexibility index (Phi) is 10.4. The summed E-state index contributed by atoms with van der Waals surface area (Å²) in [7, 11) is 2.86. The van der Waals surface area contributed by atoms with E-state index in [1.54, 1.807) is 32.4 Å². The molecule has 1 rings (SSSR count). The molecule has 24 heavy (non-hydrogen) atoms. The van der Waals surface area contributed by atoms with Gasteiger partial charge in [0.2, 0.25) is 10.0 Å². The maximum Gasteiger partial charge on any atom is 0.242 e. The zero-order valence-electron chi connectivity index (χ0n) is 14.7. The van der Waals surface area contributed by atoms with Crippen LogP contribution in [0.15, 0.2) is 34.2 Å². The van der Waals surface area contributed by atoms with Gasteiger partial charge in [0, 0.05) is 40.8 Å². The van der Waals surface area contributed by atoms with Crippen molar-refractivity contribution < 1.29 is 13.2 Å². The number of nitrogens with one attached hydrogen (secondary N) is 2. The van der Waals surface area contributed by atoms with Gasteiger partial charge in [0.25, 0.3) is 0 Å². The molecule has 7 nitrogen and oxygen atoms in total. The molecule has 0 aliphatic carbocycles. The molecule has 0 fully saturated rings. The molecule has 0 aromatic heterocycles. The molecule has 0 heterocycles. The summed E-state index contributed by atoms with van der Waals surface area (Å²) in [6, 6.07) is 7.01. The summed E-state index contributed by atoms with van der Waals surface area (Å²) >= 11 is 0. The molecule has 0 aliphatic heterocycles. The molecule has 0 amide bonds. The van der Waals surface area contributed by atoms with Gasteiger partial charge in [0.15, 0.2) is 5.96 Å². The van der Waals surface area contributed by atoms with Crippen LogP contribution >= 0.6 is 24.0 Å². The molecule has 0 aliphatic rings. The minimum atomic E-state index is -3.48. The van der Waals surface area contributed by atoms with E-state index < -0.39 is 10.0 Å². The second-order valence-corrected chi connectivity index (χ2v) is 7.44. The second-order valence-electron chi connectivity index (χ2n) is 5.32. The van der Waals surface area contributed by atoms with Crippen LogP contribution < -0.4 is 10.6 Å². The van der Waals surface area contributed by atoms with E-state index in [4.69, 9.17) is 4.74 Å². The fourth-order valence-electron chi connectivity index (χ4n) is 2.00. The van der Waals surface area contributed by atoms with E-state index in [9.17, 15) is 8.42 Å². The highest BCUT2D eigenvalue weighted by atomic mass is 127. The fourth-order valence-corrected chi connectivity index (χ4v) is 3.11. The first-order chi connectivity index (χ1) is 10.8. The molecular weight excluding hydrogens is 443 g/mol. The Bertz CT molecular complexity index is 635. The predicted octanol–water partition coefficient (Wildman–Crippen LogP) is 1.25. The molecule has 0 radical (unpaired) electrons. The summed E-state index contributed by atoms with van der Waals surface area (Å²) in [5.41, 5.74) is 0.684. The molecular formula is C15H27IN4O3S. The molecule has 1 unspecified atom stereocenters. The summed E-state index contributed by atoms with van der Waals surface area (Å²) in [5.74, 6) is 0.589. The normalized spacial score (nSPS) is 13.3. The van der Waals surface area contributed by atoms with E-state index in [1.807, 2.05) is 13.0 Å². The summed E-state index contributed by atoms with van der Waals surface area (Å²) in [6.45, 7) is 2.87. The first kappa shape index (κ1) is 23.1. The van der Waals surface area contributed by atoms with Crippen LogP contribution in [0.25, 0.3) is 0 Å². The minimum absolute atomic E-state index is 0. The van der Waals surface area contributed by atoms with Crippen molar-refractivity contribution in [1.82, 2.24) is 14.9 Å². The maximum atomic E-state index is 12.4. The molecule has 0 bridgehead atoms. The summed E-state index contributed by atoms with van der Waals surface area (Å²) < 4.78 is 31.0. The number of halogens is 1. The van der Waals surface area contributed by atoms with Crippen LogP contribution in [0.2, 0.25) is 0 Å². The van der Waals surface area contributed by atoms with Crippen molar-refractivity contribution in [2.24, 2.45) is 4.99 Å². The van der Waals surface area contributed by atoms with Crippen molar-refractivity contribution >= 4 is 40.0 Å². The van der Waals surface area contributed by atoms with E-state index in [0.717, 1.165) is 0 Å². The lowest BCUT2D eigenvalue weighted by Crippen LogP contribution is -2.43. The molecule has 1 atom stereocenters. The third-order valence-corrected chi connectivity index (χ3v) is 5.12. The average molecular weight is 470 g/mol. The van der Waals surface area contributed by atoms with Crippen LogP contribution in [0.3, 0.4) is 0 Å². The number of hydrogen-bond donors (Lipinski definition) is 2. The number of methoxy groups -OCH3 is 1. The van der Waals surface area contributed by atoms with Crippen LogP contribution in [0.4, 0.5) is 0 Å². The van der Waals surface area contributed by atoms with Crippen LogP contribution in [-0.2, 0) is 21.3 Å². The van der Waals surface area contributed by atoms with Crippen molar-refractivity contribution in [3.63, 3.8) is 0 Å². The van der Waals surface area contributed by atoms with E-state index >= 15 is 0 Å². The molecule has 0 saturated heterocycles. The van der Waals surface area contributed by atoms with Crippen LogP contribution in [0.1, 0.15) is 12.5 Å². The molecule has 0 saturated carbocycles. The number of guanidine groups is 1. The summed E-state index contributed by atoms with van der Waals surface area (Å²) in [4.78, 5) is 4.42. The van der Waals surface area contributed by atoms with Crippen LogP contribution in [-0.4, -0.2) is 59.6 Å². The molecule has 9 heteroatoms. The van der Waals surface area contributed by atoms with Gasteiger partial charge in [-0.3, -0.25) is 4.99 Å². The molecule has 0 spiro atoms. The monoisotopic (exact) mass is 470 g/mol. The zero-order valence-corrected chi connectivity index (χ0v) is 17.9. The van der Waals surface area contributed by atoms with Crippen LogP contribution in [0.5, 0.6) is 0 Å². The van der Waals surface area contributed by atoms with Gasteiger partial charge in [-0.25, -0.2) is 12.7 Å². The van der Waals surface area contributed by atoms with Gasteiger partial charge in [-0.2, -0.15) is 0 Å². The van der Waals surface area contributed by atoms with E-state index in [-0.39, 0.29) is 34.9 Å². The third kappa shape index (κ3) is 6.54. The van der Waals surface area contributed by atoms with E-state index in [0.29, 0.717) is 24.7 Å². The molecule has 138 valence electrons. The Hall–Kier alpha value is -0.910. The van der Waals surface area contributed by atoms with Crippen molar-refractivity contribution in [2.75, 3.05) is 34.9 Å². The topological polar surface area (TPSA) is 83.0 Å². The van der Waals surface area contributed by atoms with Crippen molar-refractivity contribution in [2.45, 2.75) is 24.4 Å². The van der Waals surface area contributed by atoms with Crippen molar-refractivity contribution in [1.29, 1.82) is 0 Å². The maximum absolute atomic E-state index is 12.4. The smallest absolute Gasteiger partial charge is 0.242 e. The van der Waals surface area contributed by atoms with Crippen molar-refractivity contribution in [3.8, 4) is 0 Å². The van der Waals surface area contributed by atoms with E-state index in [2.05, 4.69) is 15.6 Å². The summed E-state index contributed by atoms with van der Waals surface area (Å²) in [6.07, 6.45) is 0. The largest absolute Gasteiger partial charge is 0.383 e.